The molecule has 0 aliphatic rings. The lowest BCUT2D eigenvalue weighted by molar-refractivity contribution is -0.113. The Morgan fingerprint density at radius 3 is 2.54 bits per heavy atom. The van der Waals surface area contributed by atoms with Crippen LogP contribution in [0.2, 0.25) is 0 Å². The van der Waals surface area contributed by atoms with Crippen LogP contribution in [0.15, 0.2) is 58.2 Å². The van der Waals surface area contributed by atoms with Crippen molar-refractivity contribution in [2.24, 2.45) is 0 Å². The van der Waals surface area contributed by atoms with Crippen molar-refractivity contribution < 1.29 is 22.8 Å². The van der Waals surface area contributed by atoms with Crippen LogP contribution in [0.1, 0.15) is 16.2 Å². The van der Waals surface area contributed by atoms with Crippen molar-refractivity contribution >= 4 is 29.3 Å². The molecule has 0 atom stereocenters. The Morgan fingerprint density at radius 2 is 1.79 bits per heavy atom. The molecule has 7 nitrogen and oxygen atoms in total. The molecule has 2 N–H and O–H groups in total. The summed E-state index contributed by atoms with van der Waals surface area (Å²) in [5.74, 6) is -1.73. The van der Waals surface area contributed by atoms with Gasteiger partial charge in [-0.15, -0.1) is 10.2 Å². The highest BCUT2D eigenvalue weighted by molar-refractivity contribution is 7.99. The maximum Gasteiger partial charge on any atom is 0.277 e. The Balaban J connectivity index is 1.46. The van der Waals surface area contributed by atoms with Crippen molar-refractivity contribution in [1.29, 1.82) is 0 Å². The van der Waals surface area contributed by atoms with E-state index >= 15 is 0 Å². The molecule has 0 spiro atoms. The molecular formula is C18H14F2N4O3S. The topological polar surface area (TPSA) is 97.1 Å². The van der Waals surface area contributed by atoms with Gasteiger partial charge >= 0.3 is 0 Å². The first kappa shape index (κ1) is 19.5. The van der Waals surface area contributed by atoms with Crippen LogP contribution in [0, 0.1) is 11.6 Å². The fraction of sp³-hybridized carbons (Fsp3) is 0.111. The fourth-order valence-electron chi connectivity index (χ4n) is 2.10. The van der Waals surface area contributed by atoms with Gasteiger partial charge < -0.3 is 15.1 Å². The highest BCUT2D eigenvalue weighted by Gasteiger charge is 2.12. The Bertz CT molecular complexity index is 979. The van der Waals surface area contributed by atoms with Crippen LogP contribution in [0.3, 0.4) is 0 Å². The molecule has 10 heteroatoms. The summed E-state index contributed by atoms with van der Waals surface area (Å²) in [5.41, 5.74) is 0.378. The number of halogens is 2. The molecule has 3 aromatic rings. The van der Waals surface area contributed by atoms with Gasteiger partial charge in [-0.1, -0.05) is 23.9 Å². The van der Waals surface area contributed by atoms with Crippen molar-refractivity contribution in [3.63, 3.8) is 0 Å². The first-order valence-corrected chi connectivity index (χ1v) is 9.03. The van der Waals surface area contributed by atoms with Crippen LogP contribution >= 0.6 is 11.8 Å². The molecule has 0 bridgehead atoms. The average Bonchev–Trinajstić information content (AvgIpc) is 3.15. The summed E-state index contributed by atoms with van der Waals surface area (Å²) in [6.45, 7) is -0.0226. The minimum Gasteiger partial charge on any atom is -0.414 e. The minimum absolute atomic E-state index is 0.0226. The van der Waals surface area contributed by atoms with Gasteiger partial charge in [-0.2, -0.15) is 0 Å². The highest BCUT2D eigenvalue weighted by atomic mass is 32.2. The number of aromatic nitrogens is 2. The number of hydrogen-bond acceptors (Lipinski definition) is 6. The first-order valence-electron chi connectivity index (χ1n) is 8.04. The molecule has 0 aliphatic heterocycles. The van der Waals surface area contributed by atoms with Crippen molar-refractivity contribution in [3.8, 4) is 0 Å². The summed E-state index contributed by atoms with van der Waals surface area (Å²) in [7, 11) is 0. The summed E-state index contributed by atoms with van der Waals surface area (Å²) in [6, 6.07) is 10.9. The largest absolute Gasteiger partial charge is 0.414 e. The van der Waals surface area contributed by atoms with Gasteiger partial charge in [0.1, 0.15) is 11.6 Å². The van der Waals surface area contributed by atoms with Gasteiger partial charge in [0.2, 0.25) is 11.8 Å². The standard InChI is InChI=1S/C18H14F2N4O3S/c19-12-7-5-11(6-8-12)17(26)21-9-16-23-24-18(27-16)28-10-15(25)22-14-4-2-1-3-13(14)20/h1-8H,9-10H2,(H,21,26)(H,22,25). The number of carbonyl (C=O) groups is 2. The number of nitrogens with one attached hydrogen (secondary N) is 2. The van der Waals surface area contributed by atoms with E-state index in [0.717, 1.165) is 11.8 Å². The molecule has 0 fully saturated rings. The van der Waals surface area contributed by atoms with Crippen molar-refractivity contribution in [3.05, 3.63) is 71.6 Å². The maximum absolute atomic E-state index is 13.5. The van der Waals surface area contributed by atoms with Crippen molar-refractivity contribution in [2.75, 3.05) is 11.1 Å². The molecule has 0 radical (unpaired) electrons. The highest BCUT2D eigenvalue weighted by Crippen LogP contribution is 2.18. The molecule has 2 amide bonds. The molecule has 1 aromatic heterocycles. The smallest absolute Gasteiger partial charge is 0.277 e. The summed E-state index contributed by atoms with van der Waals surface area (Å²) < 4.78 is 31.7. The van der Waals surface area contributed by atoms with E-state index in [0.29, 0.717) is 5.56 Å². The quantitative estimate of drug-likeness (QED) is 0.588. The number of thioether (sulfide) groups is 1. The third-order valence-corrected chi connectivity index (χ3v) is 4.25. The third-order valence-electron chi connectivity index (χ3n) is 3.43. The zero-order chi connectivity index (χ0) is 19.9. The van der Waals surface area contributed by atoms with E-state index in [4.69, 9.17) is 4.42 Å². The second kappa shape index (κ2) is 9.09. The number of carbonyl (C=O) groups excluding carboxylic acids is 2. The Labute approximate surface area is 162 Å². The third kappa shape index (κ3) is 5.36. The second-order valence-electron chi connectivity index (χ2n) is 5.47. The summed E-state index contributed by atoms with van der Waals surface area (Å²) in [5, 5.41) is 12.7. The number of benzene rings is 2. The van der Waals surface area contributed by atoms with E-state index in [9.17, 15) is 18.4 Å². The van der Waals surface area contributed by atoms with Gasteiger partial charge in [0, 0.05) is 5.56 Å². The van der Waals surface area contributed by atoms with E-state index < -0.39 is 23.4 Å². The van der Waals surface area contributed by atoms with Gasteiger partial charge in [-0.05, 0) is 36.4 Å². The first-order chi connectivity index (χ1) is 13.5. The molecule has 3 rings (SSSR count). The number of anilines is 1. The number of nitrogens with zero attached hydrogens (tertiary/aromatic N) is 2. The van der Waals surface area contributed by atoms with Crippen molar-refractivity contribution in [2.45, 2.75) is 11.8 Å². The minimum atomic E-state index is -0.530. The van der Waals surface area contributed by atoms with Gasteiger partial charge in [0.15, 0.2) is 0 Å². The molecule has 0 saturated carbocycles. The predicted octanol–water partition coefficient (Wildman–Crippen LogP) is 3.01. The maximum atomic E-state index is 13.5. The van der Waals surface area contributed by atoms with Gasteiger partial charge in [-0.3, -0.25) is 9.59 Å². The number of amides is 2. The Hall–Kier alpha value is -3.27. The summed E-state index contributed by atoms with van der Waals surface area (Å²) in [4.78, 5) is 23.8. The lowest BCUT2D eigenvalue weighted by atomic mass is 10.2. The number of hydrogen-bond donors (Lipinski definition) is 2. The van der Waals surface area contributed by atoms with Crippen molar-refractivity contribution in [1.82, 2.24) is 15.5 Å². The fourth-order valence-corrected chi connectivity index (χ4v) is 2.68. The van der Waals surface area contributed by atoms with Crippen LogP contribution in [0.4, 0.5) is 14.5 Å². The normalized spacial score (nSPS) is 10.5. The van der Waals surface area contributed by atoms with Gasteiger partial charge in [0.25, 0.3) is 11.1 Å². The Kier molecular flexibility index (Phi) is 6.33. The lowest BCUT2D eigenvalue weighted by Crippen LogP contribution is -2.22. The molecule has 0 saturated heterocycles. The second-order valence-corrected chi connectivity index (χ2v) is 6.39. The zero-order valence-electron chi connectivity index (χ0n) is 14.3. The molecule has 0 unspecified atom stereocenters. The Morgan fingerprint density at radius 1 is 1.04 bits per heavy atom. The van der Waals surface area contributed by atoms with Gasteiger partial charge in [0.05, 0.1) is 18.0 Å². The molecule has 0 aliphatic carbocycles. The van der Waals surface area contributed by atoms with E-state index in [1.165, 1.54) is 42.5 Å². The summed E-state index contributed by atoms with van der Waals surface area (Å²) >= 11 is 0.978. The van der Waals surface area contributed by atoms with E-state index in [-0.39, 0.29) is 29.1 Å². The predicted molar refractivity (Wildman–Crippen MR) is 97.6 cm³/mol. The molecule has 144 valence electrons. The SMILES string of the molecule is O=C(CSc1nnc(CNC(=O)c2ccc(F)cc2)o1)Nc1ccccc1F. The molecule has 28 heavy (non-hydrogen) atoms. The van der Waals surface area contributed by atoms with E-state index in [1.807, 2.05) is 0 Å². The van der Waals surface area contributed by atoms with Crippen LogP contribution in [-0.4, -0.2) is 27.8 Å². The molecular weight excluding hydrogens is 390 g/mol. The van der Waals surface area contributed by atoms with Crippen LogP contribution in [0.25, 0.3) is 0 Å². The molecule has 1 heterocycles. The number of rotatable bonds is 7. The van der Waals surface area contributed by atoms with Crippen LogP contribution < -0.4 is 10.6 Å². The zero-order valence-corrected chi connectivity index (χ0v) is 15.1. The number of para-hydroxylation sites is 1. The van der Waals surface area contributed by atoms with Crippen LogP contribution in [0.5, 0.6) is 0 Å². The average molecular weight is 404 g/mol. The van der Waals surface area contributed by atoms with E-state index in [1.54, 1.807) is 6.07 Å². The monoisotopic (exact) mass is 404 g/mol. The van der Waals surface area contributed by atoms with Gasteiger partial charge in [-0.25, -0.2) is 8.78 Å². The summed E-state index contributed by atoms with van der Waals surface area (Å²) in [6.07, 6.45) is 0. The lowest BCUT2D eigenvalue weighted by Gasteiger charge is -2.04. The van der Waals surface area contributed by atoms with E-state index in [2.05, 4.69) is 20.8 Å². The van der Waals surface area contributed by atoms with Crippen LogP contribution in [-0.2, 0) is 11.3 Å². The molecule has 2 aromatic carbocycles.